The van der Waals surface area contributed by atoms with Crippen molar-refractivity contribution in [2.45, 2.75) is 27.3 Å². The van der Waals surface area contributed by atoms with Gasteiger partial charge >= 0.3 is 0 Å². The molecule has 2 N–H and O–H groups in total. The Morgan fingerprint density at radius 1 is 1.20 bits per heavy atom. The molecule has 0 radical (unpaired) electrons. The van der Waals surface area contributed by atoms with Gasteiger partial charge in [0.2, 0.25) is 5.95 Å². The molecule has 4 nitrogen and oxygen atoms in total. The minimum atomic E-state index is -0.615. The molecule has 0 atom stereocenters. The zero-order chi connectivity index (χ0) is 18.4. The third-order valence-electron chi connectivity index (χ3n) is 3.09. The highest BCUT2D eigenvalue weighted by Crippen LogP contribution is 2.19. The van der Waals surface area contributed by atoms with Crippen LogP contribution in [0, 0.1) is 28.9 Å². The van der Waals surface area contributed by atoms with Gasteiger partial charge in [0.1, 0.15) is 23.2 Å². The molecule has 0 saturated carbocycles. The minimum Gasteiger partial charge on any atom is -0.352 e. The summed E-state index contributed by atoms with van der Waals surface area (Å²) in [6.07, 6.45) is 0. The van der Waals surface area contributed by atoms with Gasteiger partial charge in [-0.2, -0.15) is 5.26 Å². The standard InChI is InChI=1S/C15H10F2N4.C4H10/c16-11-5-4-10(12(17)6-11)8-19-15-20-13-3-1-2-9(7-18)14(13)21-15;1-4(2)3/h1-6H,8H2,(H2,19,20,21);4H,1-3H3. The molecule has 0 amide bonds. The average Bonchev–Trinajstić information content (AvgIpc) is 2.96. The van der Waals surface area contributed by atoms with Crippen LogP contribution in [0.25, 0.3) is 11.0 Å². The van der Waals surface area contributed by atoms with E-state index in [2.05, 4.69) is 42.1 Å². The average molecular weight is 342 g/mol. The molecule has 0 spiro atoms. The molecule has 1 aromatic heterocycles. The van der Waals surface area contributed by atoms with E-state index in [1.807, 2.05) is 0 Å². The van der Waals surface area contributed by atoms with Crippen LogP contribution in [0.5, 0.6) is 0 Å². The van der Waals surface area contributed by atoms with E-state index >= 15 is 0 Å². The number of para-hydroxylation sites is 1. The van der Waals surface area contributed by atoms with Gasteiger partial charge in [-0.05, 0) is 24.1 Å². The molecule has 0 bridgehead atoms. The summed E-state index contributed by atoms with van der Waals surface area (Å²) in [5, 5.41) is 11.9. The molecular weight excluding hydrogens is 322 g/mol. The van der Waals surface area contributed by atoms with E-state index in [4.69, 9.17) is 5.26 Å². The largest absolute Gasteiger partial charge is 0.352 e. The molecule has 0 aliphatic rings. The van der Waals surface area contributed by atoms with Crippen LogP contribution in [0.15, 0.2) is 36.4 Å². The van der Waals surface area contributed by atoms with Gasteiger partial charge < -0.3 is 10.3 Å². The van der Waals surface area contributed by atoms with Crippen molar-refractivity contribution in [3.63, 3.8) is 0 Å². The lowest BCUT2D eigenvalue weighted by molar-refractivity contribution is 0.574. The molecule has 130 valence electrons. The lowest BCUT2D eigenvalue weighted by Gasteiger charge is -2.04. The van der Waals surface area contributed by atoms with Gasteiger partial charge in [-0.25, -0.2) is 13.8 Å². The van der Waals surface area contributed by atoms with Crippen molar-refractivity contribution in [1.29, 1.82) is 5.26 Å². The first kappa shape index (κ1) is 18.4. The number of H-pyrrole nitrogens is 1. The number of hydrogen-bond acceptors (Lipinski definition) is 3. The molecule has 25 heavy (non-hydrogen) atoms. The number of halogens is 2. The van der Waals surface area contributed by atoms with E-state index in [-0.39, 0.29) is 6.54 Å². The number of nitrogens with zero attached hydrogens (tertiary/aromatic N) is 2. The quantitative estimate of drug-likeness (QED) is 0.705. The van der Waals surface area contributed by atoms with Gasteiger partial charge in [0, 0.05) is 18.2 Å². The molecular formula is C19H20F2N4. The third-order valence-corrected chi connectivity index (χ3v) is 3.09. The van der Waals surface area contributed by atoms with Crippen LogP contribution in [0.1, 0.15) is 31.9 Å². The predicted octanol–water partition coefficient (Wildman–Crippen LogP) is 4.99. The van der Waals surface area contributed by atoms with E-state index in [1.54, 1.807) is 18.2 Å². The fraction of sp³-hybridized carbons (Fsp3) is 0.263. The first-order valence-corrected chi connectivity index (χ1v) is 7.97. The van der Waals surface area contributed by atoms with Crippen molar-refractivity contribution in [2.75, 3.05) is 5.32 Å². The predicted molar refractivity (Wildman–Crippen MR) is 95.0 cm³/mol. The number of fused-ring (bicyclic) bond motifs is 1. The van der Waals surface area contributed by atoms with Crippen LogP contribution in [-0.4, -0.2) is 9.97 Å². The maximum atomic E-state index is 13.5. The number of hydrogen-bond donors (Lipinski definition) is 2. The normalized spacial score (nSPS) is 10.3. The summed E-state index contributed by atoms with van der Waals surface area (Å²) in [6.45, 7) is 6.66. The number of anilines is 1. The van der Waals surface area contributed by atoms with E-state index in [0.717, 1.165) is 17.5 Å². The fourth-order valence-corrected chi connectivity index (χ4v) is 2.05. The zero-order valence-corrected chi connectivity index (χ0v) is 14.4. The van der Waals surface area contributed by atoms with Gasteiger partial charge in [0.05, 0.1) is 11.1 Å². The molecule has 0 aliphatic carbocycles. The lowest BCUT2D eigenvalue weighted by atomic mass is 10.2. The maximum absolute atomic E-state index is 13.5. The zero-order valence-electron chi connectivity index (χ0n) is 14.4. The summed E-state index contributed by atoms with van der Waals surface area (Å²) < 4.78 is 26.3. The van der Waals surface area contributed by atoms with E-state index < -0.39 is 11.6 Å². The number of rotatable bonds is 3. The highest BCUT2D eigenvalue weighted by atomic mass is 19.1. The monoisotopic (exact) mass is 342 g/mol. The highest BCUT2D eigenvalue weighted by molar-refractivity contribution is 5.83. The topological polar surface area (TPSA) is 64.5 Å². The summed E-state index contributed by atoms with van der Waals surface area (Å²) in [7, 11) is 0. The van der Waals surface area contributed by atoms with Crippen LogP contribution < -0.4 is 5.32 Å². The summed E-state index contributed by atoms with van der Waals surface area (Å²) in [5.41, 5.74) is 2.07. The summed E-state index contributed by atoms with van der Waals surface area (Å²) in [5.74, 6) is 0.0337. The van der Waals surface area contributed by atoms with Gasteiger partial charge in [-0.3, -0.25) is 0 Å². The first-order chi connectivity index (χ1) is 11.9. The SMILES string of the molecule is CC(C)C.N#Cc1cccc2[nH]c(NCc3ccc(F)cc3F)nc12. The first-order valence-electron chi connectivity index (χ1n) is 7.97. The second kappa shape index (κ2) is 8.25. The van der Waals surface area contributed by atoms with Crippen molar-refractivity contribution in [2.24, 2.45) is 5.92 Å². The van der Waals surface area contributed by atoms with Gasteiger partial charge in [-0.1, -0.05) is 32.9 Å². The molecule has 3 rings (SSSR count). The smallest absolute Gasteiger partial charge is 0.201 e. The lowest BCUT2D eigenvalue weighted by Crippen LogP contribution is -2.03. The second-order valence-corrected chi connectivity index (χ2v) is 6.22. The third kappa shape index (κ3) is 5.01. The Morgan fingerprint density at radius 3 is 2.56 bits per heavy atom. The number of nitriles is 1. The van der Waals surface area contributed by atoms with Crippen molar-refractivity contribution < 1.29 is 8.78 Å². The molecule has 0 fully saturated rings. The van der Waals surface area contributed by atoms with E-state index in [0.29, 0.717) is 22.6 Å². The number of benzene rings is 2. The molecule has 0 saturated heterocycles. The summed E-state index contributed by atoms with van der Waals surface area (Å²) >= 11 is 0. The Bertz CT molecular complexity index is 891. The summed E-state index contributed by atoms with van der Waals surface area (Å²) in [4.78, 5) is 7.26. The fourth-order valence-electron chi connectivity index (χ4n) is 2.05. The molecule has 0 unspecified atom stereocenters. The molecule has 0 aliphatic heterocycles. The van der Waals surface area contributed by atoms with E-state index in [9.17, 15) is 8.78 Å². The van der Waals surface area contributed by atoms with Crippen LogP contribution in [-0.2, 0) is 6.54 Å². The van der Waals surface area contributed by atoms with Crippen LogP contribution in [0.3, 0.4) is 0 Å². The maximum Gasteiger partial charge on any atom is 0.201 e. The van der Waals surface area contributed by atoms with Crippen LogP contribution in [0.4, 0.5) is 14.7 Å². The Kier molecular flexibility index (Phi) is 6.07. The van der Waals surface area contributed by atoms with Crippen LogP contribution >= 0.6 is 0 Å². The molecule has 2 aromatic carbocycles. The van der Waals surface area contributed by atoms with Gasteiger partial charge in [0.25, 0.3) is 0 Å². The second-order valence-electron chi connectivity index (χ2n) is 6.22. The van der Waals surface area contributed by atoms with Crippen molar-refractivity contribution in [3.05, 3.63) is 59.2 Å². The molecule has 3 aromatic rings. The van der Waals surface area contributed by atoms with Crippen LogP contribution in [0.2, 0.25) is 0 Å². The Balaban J connectivity index is 0.000000511. The highest BCUT2D eigenvalue weighted by Gasteiger charge is 2.08. The number of imidazole rings is 1. The number of aromatic amines is 1. The summed E-state index contributed by atoms with van der Waals surface area (Å²) in [6, 6.07) is 10.7. The van der Waals surface area contributed by atoms with Gasteiger partial charge in [-0.15, -0.1) is 0 Å². The van der Waals surface area contributed by atoms with Gasteiger partial charge in [0.15, 0.2) is 0 Å². The molecule has 1 heterocycles. The van der Waals surface area contributed by atoms with Crippen molar-refractivity contribution in [1.82, 2.24) is 9.97 Å². The minimum absolute atomic E-state index is 0.161. The Labute approximate surface area is 145 Å². The number of aromatic nitrogens is 2. The van der Waals surface area contributed by atoms with Crippen molar-refractivity contribution in [3.8, 4) is 6.07 Å². The Morgan fingerprint density at radius 2 is 1.92 bits per heavy atom. The Hall–Kier alpha value is -2.94. The van der Waals surface area contributed by atoms with Crippen molar-refractivity contribution >= 4 is 17.0 Å². The molecule has 6 heteroatoms. The van der Waals surface area contributed by atoms with E-state index in [1.165, 1.54) is 12.1 Å². The number of nitrogens with one attached hydrogen (secondary N) is 2.